The van der Waals surface area contributed by atoms with Crippen molar-refractivity contribution in [3.05, 3.63) is 234 Å². The zero-order chi connectivity index (χ0) is 70.5. The summed E-state index contributed by atoms with van der Waals surface area (Å²) in [6.07, 6.45) is 11.5. The van der Waals surface area contributed by atoms with Gasteiger partial charge in [0.05, 0.1) is 0 Å². The molecule has 6 heterocycles. The van der Waals surface area contributed by atoms with Gasteiger partial charge in [0.2, 0.25) is 0 Å². The Labute approximate surface area is 604 Å². The van der Waals surface area contributed by atoms with E-state index in [4.69, 9.17) is 14.2 Å². The number of rotatable bonds is 21. The number of carbonyl (C=O) groups is 3. The van der Waals surface area contributed by atoms with Gasteiger partial charge >= 0.3 is 0 Å². The summed E-state index contributed by atoms with van der Waals surface area (Å²) in [6, 6.07) is 57.7. The van der Waals surface area contributed by atoms with Crippen LogP contribution in [0.2, 0.25) is 0 Å². The van der Waals surface area contributed by atoms with Crippen molar-refractivity contribution in [2.24, 2.45) is 0 Å². The van der Waals surface area contributed by atoms with Gasteiger partial charge < -0.3 is 44.8 Å². The van der Waals surface area contributed by atoms with E-state index in [-0.39, 0.29) is 51.8 Å². The average molecular weight is 1420 g/mol. The van der Waals surface area contributed by atoms with Crippen LogP contribution in [0.25, 0.3) is 61.6 Å². The third-order valence-corrected chi connectivity index (χ3v) is 22.4. The molecule has 3 aliphatic rings. The number of phenolic OH excluding ortho intramolecular Hbond substituents is 6. The third-order valence-electron chi connectivity index (χ3n) is 18.8. The maximum atomic E-state index is 13.6. The standard InChI is InChI=1S/3C28H27NO4S/c3*30-21-8-4-20(5-9-21)28-26(24-13-10-22(31)18-25(24)34-28)27(32)19-6-11-23(12-7-19)33-17-16-29-14-2-1-3-15-29/h3*4-13,18,30-31H,1-3,14-17H2. The highest BCUT2D eigenvalue weighted by molar-refractivity contribution is 7.23. The van der Waals surface area contributed by atoms with Crippen molar-refractivity contribution in [2.75, 3.05) is 78.7 Å². The number of hydrogen-bond acceptors (Lipinski definition) is 18. The number of hydrogen-bond donors (Lipinski definition) is 6. The Hall–Kier alpha value is -10.1. The van der Waals surface area contributed by atoms with Crippen molar-refractivity contribution >= 4 is 81.6 Å². The van der Waals surface area contributed by atoms with Gasteiger partial charge in [0.15, 0.2) is 17.3 Å². The molecular formula is C84H81N3O12S3. The largest absolute Gasteiger partial charge is 0.508 e. The first-order valence-electron chi connectivity index (χ1n) is 34.9. The van der Waals surface area contributed by atoms with Gasteiger partial charge in [0, 0.05) is 97.9 Å². The maximum absolute atomic E-state index is 13.6. The van der Waals surface area contributed by atoms with E-state index in [9.17, 15) is 45.0 Å². The molecule has 522 valence electrons. The SMILES string of the molecule is O=C(c1ccc(OCCN2CCCCC2)cc1)c1c(-c2ccc(O)cc2)sc2cc(O)ccc12.O=C(c1ccc(OCCN2CCCCC2)cc1)c1c(-c2ccc(O)cc2)sc2cc(O)ccc12.O=C(c1ccc(OCCN2CCCCC2)cc1)c1c(-c2ccc(O)cc2)sc2cc(O)ccc12. The fourth-order valence-corrected chi connectivity index (χ4v) is 17.1. The number of benzene rings is 9. The lowest BCUT2D eigenvalue weighted by Gasteiger charge is -2.26. The molecule has 9 aromatic carbocycles. The molecule has 3 aliphatic heterocycles. The van der Waals surface area contributed by atoms with Crippen LogP contribution in [0.1, 0.15) is 106 Å². The van der Waals surface area contributed by atoms with E-state index in [2.05, 4.69) is 14.7 Å². The molecule has 102 heavy (non-hydrogen) atoms. The Morgan fingerprint density at radius 3 is 0.775 bits per heavy atom. The van der Waals surface area contributed by atoms with Crippen LogP contribution in [0.4, 0.5) is 0 Å². The van der Waals surface area contributed by atoms with Crippen LogP contribution in [0.5, 0.6) is 51.7 Å². The van der Waals surface area contributed by atoms with Gasteiger partial charge in [-0.3, -0.25) is 29.1 Å². The van der Waals surface area contributed by atoms with E-state index in [0.29, 0.717) is 53.2 Å². The molecule has 3 saturated heterocycles. The summed E-state index contributed by atoms with van der Waals surface area (Å²) >= 11 is 4.37. The summed E-state index contributed by atoms with van der Waals surface area (Å²) in [5.74, 6) is 3.03. The number of aromatic hydroxyl groups is 6. The number of thiophene rings is 3. The highest BCUT2D eigenvalue weighted by Crippen LogP contribution is 2.45. The third kappa shape index (κ3) is 17.3. The molecule has 15 nitrogen and oxygen atoms in total. The van der Waals surface area contributed by atoms with Crippen LogP contribution in [-0.2, 0) is 0 Å². The quantitative estimate of drug-likeness (QED) is 0.0370. The number of nitrogens with zero attached hydrogens (tertiary/aromatic N) is 3. The second kappa shape index (κ2) is 33.2. The summed E-state index contributed by atoms with van der Waals surface area (Å²) in [6.45, 7) is 11.5. The molecular weight excluding hydrogens is 1340 g/mol. The van der Waals surface area contributed by atoms with Gasteiger partial charge in [0.1, 0.15) is 71.6 Å². The lowest BCUT2D eigenvalue weighted by molar-refractivity contribution is 0.103. The van der Waals surface area contributed by atoms with Gasteiger partial charge in [-0.15, -0.1) is 34.0 Å². The molecule has 0 spiro atoms. The fourth-order valence-electron chi connectivity index (χ4n) is 13.3. The lowest BCUT2D eigenvalue weighted by Crippen LogP contribution is -2.33. The Balaban J connectivity index is 0.000000137. The molecule has 3 aromatic heterocycles. The minimum absolute atomic E-state index is 0.0834. The van der Waals surface area contributed by atoms with Crippen LogP contribution < -0.4 is 14.2 Å². The predicted molar refractivity (Wildman–Crippen MR) is 409 cm³/mol. The minimum atomic E-state index is -0.0834. The first kappa shape index (κ1) is 70.4. The molecule has 0 aliphatic carbocycles. The van der Waals surface area contributed by atoms with Crippen LogP contribution in [0.3, 0.4) is 0 Å². The molecule has 0 bridgehead atoms. The molecule has 18 heteroatoms. The van der Waals surface area contributed by atoms with E-state index in [0.717, 1.165) is 138 Å². The highest BCUT2D eigenvalue weighted by Gasteiger charge is 2.26. The predicted octanol–water partition coefficient (Wildman–Crippen LogP) is 18.2. The minimum Gasteiger partial charge on any atom is -0.508 e. The van der Waals surface area contributed by atoms with Crippen LogP contribution in [-0.4, -0.2) is 141 Å². The summed E-state index contributed by atoms with van der Waals surface area (Å²) in [4.78, 5) is 50.7. The summed E-state index contributed by atoms with van der Waals surface area (Å²) in [7, 11) is 0. The molecule has 12 aromatic rings. The zero-order valence-electron chi connectivity index (χ0n) is 56.6. The smallest absolute Gasteiger partial charge is 0.195 e. The van der Waals surface area contributed by atoms with Crippen molar-refractivity contribution in [2.45, 2.75) is 57.8 Å². The van der Waals surface area contributed by atoms with Crippen LogP contribution >= 0.6 is 34.0 Å². The summed E-state index contributed by atoms with van der Waals surface area (Å²) in [5.41, 5.74) is 6.08. The molecule has 3 fully saturated rings. The normalized spacial score (nSPS) is 14.4. The Bertz CT molecular complexity index is 4350. The zero-order valence-corrected chi connectivity index (χ0v) is 59.1. The molecule has 15 rings (SSSR count). The van der Waals surface area contributed by atoms with Crippen LogP contribution in [0.15, 0.2) is 200 Å². The van der Waals surface area contributed by atoms with Gasteiger partial charge in [-0.25, -0.2) is 0 Å². The Morgan fingerprint density at radius 2 is 0.529 bits per heavy atom. The lowest BCUT2D eigenvalue weighted by atomic mass is 9.97. The van der Waals surface area contributed by atoms with E-state index in [1.165, 1.54) is 91.8 Å². The van der Waals surface area contributed by atoms with Gasteiger partial charge in [0.25, 0.3) is 0 Å². The van der Waals surface area contributed by atoms with Crippen molar-refractivity contribution in [1.29, 1.82) is 0 Å². The number of ketones is 3. The average Bonchev–Trinajstić information content (AvgIpc) is 1.63. The summed E-state index contributed by atoms with van der Waals surface area (Å²) < 4.78 is 20.3. The molecule has 0 atom stereocenters. The van der Waals surface area contributed by atoms with E-state index in [1.54, 1.807) is 127 Å². The van der Waals surface area contributed by atoms with E-state index < -0.39 is 0 Å². The molecule has 0 radical (unpaired) electrons. The van der Waals surface area contributed by atoms with Gasteiger partial charge in [-0.2, -0.15) is 0 Å². The van der Waals surface area contributed by atoms with Crippen molar-refractivity contribution < 1.29 is 59.2 Å². The molecule has 0 saturated carbocycles. The van der Waals surface area contributed by atoms with Crippen molar-refractivity contribution in [3.63, 3.8) is 0 Å². The fraction of sp³-hybridized carbons (Fsp3) is 0.250. The van der Waals surface area contributed by atoms with Crippen LogP contribution in [0, 0.1) is 0 Å². The topological polar surface area (TPSA) is 210 Å². The Morgan fingerprint density at radius 1 is 0.294 bits per heavy atom. The number of ether oxygens (including phenoxy) is 3. The van der Waals surface area contributed by atoms with Gasteiger partial charge in [-0.1, -0.05) is 19.3 Å². The first-order chi connectivity index (χ1) is 49.7. The molecule has 6 N–H and O–H groups in total. The maximum Gasteiger partial charge on any atom is 0.195 e. The summed E-state index contributed by atoms with van der Waals surface area (Å²) in [5, 5.41) is 61.3. The first-order valence-corrected chi connectivity index (χ1v) is 37.3. The Kier molecular flexibility index (Phi) is 22.9. The molecule has 0 unspecified atom stereocenters. The number of likely N-dealkylation sites (tertiary alicyclic amines) is 3. The second-order valence-electron chi connectivity index (χ2n) is 25.9. The van der Waals surface area contributed by atoms with Crippen molar-refractivity contribution in [1.82, 2.24) is 14.7 Å². The number of piperidine rings is 3. The number of phenols is 6. The van der Waals surface area contributed by atoms with Gasteiger partial charge in [-0.05, 0) is 295 Å². The van der Waals surface area contributed by atoms with E-state index >= 15 is 0 Å². The number of carbonyl (C=O) groups excluding carboxylic acids is 3. The van der Waals surface area contributed by atoms with E-state index in [1.807, 2.05) is 72.8 Å². The van der Waals surface area contributed by atoms with Crippen molar-refractivity contribution in [3.8, 4) is 83.1 Å². The second-order valence-corrected chi connectivity index (χ2v) is 29.1. The number of fused-ring (bicyclic) bond motifs is 3. The molecule has 0 amide bonds. The monoisotopic (exact) mass is 1420 g/mol. The highest BCUT2D eigenvalue weighted by atomic mass is 32.1.